The fourth-order valence-corrected chi connectivity index (χ4v) is 1.95. The minimum Gasteiger partial charge on any atom is -0.394 e. The van der Waals surface area contributed by atoms with Gasteiger partial charge in [0, 0.05) is 11.3 Å². The number of amides is 2. The predicted octanol–water partition coefficient (Wildman–Crippen LogP) is 1.72. The third-order valence-electron chi connectivity index (χ3n) is 3.06. The number of carbonyl (C=O) groups is 2. The van der Waals surface area contributed by atoms with Gasteiger partial charge in [-0.15, -0.1) is 0 Å². The molecular weight excluding hydrogens is 268 g/mol. The van der Waals surface area contributed by atoms with Gasteiger partial charge in [0.2, 0.25) is 6.41 Å². The molecule has 21 heavy (non-hydrogen) atoms. The first-order valence-corrected chi connectivity index (χ1v) is 6.51. The summed E-state index contributed by atoms with van der Waals surface area (Å²) in [7, 11) is 0. The van der Waals surface area contributed by atoms with Gasteiger partial charge in [-0.05, 0) is 29.8 Å². The zero-order chi connectivity index (χ0) is 15.1. The molecule has 1 unspecified atom stereocenters. The van der Waals surface area contributed by atoms with Gasteiger partial charge in [0.25, 0.3) is 5.91 Å². The zero-order valence-electron chi connectivity index (χ0n) is 11.3. The summed E-state index contributed by atoms with van der Waals surface area (Å²) in [5, 5.41) is 14.7. The molecule has 0 aliphatic rings. The van der Waals surface area contributed by atoms with Crippen molar-refractivity contribution >= 4 is 18.0 Å². The summed E-state index contributed by atoms with van der Waals surface area (Å²) in [6.07, 6.45) is 0.576. The maximum absolute atomic E-state index is 12.1. The van der Waals surface area contributed by atoms with E-state index in [1.165, 1.54) is 0 Å². The molecule has 3 N–H and O–H groups in total. The first-order chi connectivity index (χ1) is 10.2. The minimum atomic E-state index is -0.452. The topological polar surface area (TPSA) is 78.4 Å². The lowest BCUT2D eigenvalue weighted by atomic mass is 10.1. The standard InChI is InChI=1S/C16H16N2O3/c19-10-15(12-4-2-1-3-5-12)18-16(21)13-6-8-14(9-7-13)17-11-20/h1-9,11,15,19H,10H2,(H,17,20)(H,18,21). The first kappa shape index (κ1) is 14.7. The van der Waals surface area contributed by atoms with Crippen LogP contribution in [0.25, 0.3) is 0 Å². The Morgan fingerprint density at radius 3 is 2.33 bits per heavy atom. The summed E-state index contributed by atoms with van der Waals surface area (Å²) in [5.74, 6) is -0.282. The molecule has 0 aliphatic heterocycles. The SMILES string of the molecule is O=CNc1ccc(C(=O)NC(CO)c2ccccc2)cc1. The van der Waals surface area contributed by atoms with Crippen LogP contribution in [0.4, 0.5) is 5.69 Å². The highest BCUT2D eigenvalue weighted by Gasteiger charge is 2.14. The molecule has 0 radical (unpaired) electrons. The maximum atomic E-state index is 12.1. The number of hydrogen-bond acceptors (Lipinski definition) is 3. The summed E-state index contributed by atoms with van der Waals surface area (Å²) in [5.41, 5.74) is 1.91. The lowest BCUT2D eigenvalue weighted by Crippen LogP contribution is -2.30. The Morgan fingerprint density at radius 1 is 1.10 bits per heavy atom. The van der Waals surface area contributed by atoms with Crippen LogP contribution >= 0.6 is 0 Å². The monoisotopic (exact) mass is 284 g/mol. The third kappa shape index (κ3) is 3.90. The number of hydrogen-bond donors (Lipinski definition) is 3. The second kappa shape index (κ2) is 7.21. The van der Waals surface area contributed by atoms with Crippen LogP contribution in [0.3, 0.4) is 0 Å². The van der Waals surface area contributed by atoms with Crippen LogP contribution in [0.5, 0.6) is 0 Å². The summed E-state index contributed by atoms with van der Waals surface area (Å²) in [6.45, 7) is -0.180. The van der Waals surface area contributed by atoms with Crippen molar-refractivity contribution in [2.75, 3.05) is 11.9 Å². The average molecular weight is 284 g/mol. The van der Waals surface area contributed by atoms with Crippen LogP contribution in [0.2, 0.25) is 0 Å². The van der Waals surface area contributed by atoms with Crippen molar-refractivity contribution in [3.05, 3.63) is 65.7 Å². The number of aliphatic hydroxyl groups is 1. The quantitative estimate of drug-likeness (QED) is 0.707. The number of rotatable bonds is 6. The highest BCUT2D eigenvalue weighted by atomic mass is 16.3. The molecule has 1 atom stereocenters. The molecule has 0 aliphatic carbocycles. The van der Waals surface area contributed by atoms with E-state index < -0.39 is 6.04 Å². The molecule has 2 amide bonds. The van der Waals surface area contributed by atoms with E-state index in [0.717, 1.165) is 5.56 Å². The van der Waals surface area contributed by atoms with Crippen molar-refractivity contribution in [3.8, 4) is 0 Å². The Morgan fingerprint density at radius 2 is 1.76 bits per heavy atom. The van der Waals surface area contributed by atoms with Crippen molar-refractivity contribution in [1.29, 1.82) is 0 Å². The smallest absolute Gasteiger partial charge is 0.251 e. The molecule has 2 rings (SSSR count). The van der Waals surface area contributed by atoms with Crippen LogP contribution in [-0.4, -0.2) is 24.0 Å². The van der Waals surface area contributed by atoms with Crippen molar-refractivity contribution in [2.24, 2.45) is 0 Å². The Balaban J connectivity index is 2.07. The Kier molecular flexibility index (Phi) is 5.06. The molecule has 0 saturated carbocycles. The summed E-state index contributed by atoms with van der Waals surface area (Å²) >= 11 is 0. The molecule has 0 heterocycles. The summed E-state index contributed by atoms with van der Waals surface area (Å²) in [4.78, 5) is 22.5. The normalized spacial score (nSPS) is 11.5. The summed E-state index contributed by atoms with van der Waals surface area (Å²) in [6, 6.07) is 15.3. The van der Waals surface area contributed by atoms with E-state index in [9.17, 15) is 14.7 Å². The van der Waals surface area contributed by atoms with Gasteiger partial charge < -0.3 is 15.7 Å². The minimum absolute atomic E-state index is 0.180. The van der Waals surface area contributed by atoms with Gasteiger partial charge in [-0.3, -0.25) is 9.59 Å². The van der Waals surface area contributed by atoms with Crippen molar-refractivity contribution in [2.45, 2.75) is 6.04 Å². The lowest BCUT2D eigenvalue weighted by Gasteiger charge is -2.16. The number of aliphatic hydroxyl groups excluding tert-OH is 1. The van der Waals surface area contributed by atoms with Crippen molar-refractivity contribution in [1.82, 2.24) is 5.32 Å². The number of anilines is 1. The van der Waals surface area contributed by atoms with E-state index >= 15 is 0 Å². The van der Waals surface area contributed by atoms with Crippen molar-refractivity contribution in [3.63, 3.8) is 0 Å². The molecule has 5 nitrogen and oxygen atoms in total. The average Bonchev–Trinajstić information content (AvgIpc) is 2.54. The number of carbonyl (C=O) groups excluding carboxylic acids is 2. The molecule has 0 fully saturated rings. The largest absolute Gasteiger partial charge is 0.394 e. The van der Waals surface area contributed by atoms with Gasteiger partial charge >= 0.3 is 0 Å². The molecule has 0 aromatic heterocycles. The highest BCUT2D eigenvalue weighted by Crippen LogP contribution is 2.14. The van der Waals surface area contributed by atoms with Gasteiger partial charge in [-0.25, -0.2) is 0 Å². The second-order valence-corrected chi connectivity index (χ2v) is 4.46. The van der Waals surface area contributed by atoms with Crippen LogP contribution in [0.15, 0.2) is 54.6 Å². The zero-order valence-corrected chi connectivity index (χ0v) is 11.3. The third-order valence-corrected chi connectivity index (χ3v) is 3.06. The molecule has 108 valence electrons. The van der Waals surface area contributed by atoms with Gasteiger partial charge in [0.05, 0.1) is 12.6 Å². The van der Waals surface area contributed by atoms with E-state index in [0.29, 0.717) is 17.7 Å². The first-order valence-electron chi connectivity index (χ1n) is 6.51. The molecule has 0 bridgehead atoms. The molecule has 2 aromatic carbocycles. The molecule has 0 saturated heterocycles. The van der Waals surface area contributed by atoms with E-state index in [2.05, 4.69) is 10.6 Å². The molecule has 0 spiro atoms. The lowest BCUT2D eigenvalue weighted by molar-refractivity contribution is -0.105. The maximum Gasteiger partial charge on any atom is 0.251 e. The summed E-state index contributed by atoms with van der Waals surface area (Å²) < 4.78 is 0. The van der Waals surface area contributed by atoms with E-state index in [-0.39, 0.29) is 12.5 Å². The Bertz CT molecular complexity index is 597. The van der Waals surface area contributed by atoms with Gasteiger partial charge in [-0.1, -0.05) is 30.3 Å². The second-order valence-electron chi connectivity index (χ2n) is 4.46. The molecule has 2 aromatic rings. The Hall–Kier alpha value is -2.66. The number of benzene rings is 2. The van der Waals surface area contributed by atoms with Gasteiger partial charge in [0.15, 0.2) is 0 Å². The van der Waals surface area contributed by atoms with Crippen LogP contribution in [-0.2, 0) is 4.79 Å². The fourth-order valence-electron chi connectivity index (χ4n) is 1.95. The van der Waals surface area contributed by atoms with Gasteiger partial charge in [0.1, 0.15) is 0 Å². The van der Waals surface area contributed by atoms with Crippen LogP contribution < -0.4 is 10.6 Å². The van der Waals surface area contributed by atoms with E-state index in [4.69, 9.17) is 0 Å². The highest BCUT2D eigenvalue weighted by molar-refractivity contribution is 5.95. The molecule has 5 heteroatoms. The predicted molar refractivity (Wildman–Crippen MR) is 79.9 cm³/mol. The number of nitrogens with one attached hydrogen (secondary N) is 2. The van der Waals surface area contributed by atoms with Crippen LogP contribution in [0, 0.1) is 0 Å². The fraction of sp³-hybridized carbons (Fsp3) is 0.125. The molecular formula is C16H16N2O3. The van der Waals surface area contributed by atoms with E-state index in [1.807, 2.05) is 30.3 Å². The Labute approximate surface area is 122 Å². The van der Waals surface area contributed by atoms with Crippen LogP contribution in [0.1, 0.15) is 22.0 Å². The van der Waals surface area contributed by atoms with E-state index in [1.54, 1.807) is 24.3 Å². The van der Waals surface area contributed by atoms with Gasteiger partial charge in [-0.2, -0.15) is 0 Å². The van der Waals surface area contributed by atoms with Crippen molar-refractivity contribution < 1.29 is 14.7 Å².